The fraction of sp³-hybridized carbons (Fsp3) is 0.538. The molecule has 0 saturated heterocycles. The number of rotatable bonds is 6. The maximum absolute atomic E-state index is 11.0. The standard InChI is InChI=1S/C13H21N3O2S/c1-4-10-5-6-11(19-10)9-16-13(14-2)15-8-7-12(17)18-3/h5-6H,4,7-9H2,1-3H3,(H2,14,15,16). The lowest BCUT2D eigenvalue weighted by Gasteiger charge is -2.10. The molecule has 0 aromatic carbocycles. The van der Waals surface area contributed by atoms with Gasteiger partial charge < -0.3 is 15.4 Å². The third kappa shape index (κ3) is 5.74. The van der Waals surface area contributed by atoms with E-state index in [1.54, 1.807) is 18.4 Å². The van der Waals surface area contributed by atoms with Crippen LogP contribution in [-0.2, 0) is 22.5 Å². The van der Waals surface area contributed by atoms with E-state index in [0.29, 0.717) is 18.9 Å². The Bertz CT molecular complexity index is 429. The number of nitrogens with zero attached hydrogens (tertiary/aromatic N) is 1. The molecule has 0 aliphatic rings. The first kappa shape index (κ1) is 15.5. The Balaban J connectivity index is 2.30. The van der Waals surface area contributed by atoms with E-state index in [4.69, 9.17) is 0 Å². The molecular formula is C13H21N3O2S. The molecular weight excluding hydrogens is 262 g/mol. The Morgan fingerprint density at radius 2 is 2.11 bits per heavy atom. The lowest BCUT2D eigenvalue weighted by Crippen LogP contribution is -2.37. The fourth-order valence-corrected chi connectivity index (χ4v) is 2.38. The van der Waals surface area contributed by atoms with Crippen molar-refractivity contribution in [3.8, 4) is 0 Å². The third-order valence-corrected chi connectivity index (χ3v) is 3.80. The summed E-state index contributed by atoms with van der Waals surface area (Å²) in [5, 5.41) is 6.28. The number of thiophene rings is 1. The summed E-state index contributed by atoms with van der Waals surface area (Å²) >= 11 is 1.80. The van der Waals surface area contributed by atoms with Crippen molar-refractivity contribution in [1.82, 2.24) is 10.6 Å². The molecule has 106 valence electrons. The van der Waals surface area contributed by atoms with E-state index in [1.165, 1.54) is 16.9 Å². The van der Waals surface area contributed by atoms with Gasteiger partial charge in [0.25, 0.3) is 0 Å². The van der Waals surface area contributed by atoms with Crippen LogP contribution < -0.4 is 10.6 Å². The summed E-state index contributed by atoms with van der Waals surface area (Å²) in [7, 11) is 3.09. The number of hydrogen-bond donors (Lipinski definition) is 2. The van der Waals surface area contributed by atoms with Crippen molar-refractivity contribution in [1.29, 1.82) is 0 Å². The zero-order chi connectivity index (χ0) is 14.1. The van der Waals surface area contributed by atoms with Crippen molar-refractivity contribution in [3.63, 3.8) is 0 Å². The minimum absolute atomic E-state index is 0.228. The second-order valence-electron chi connectivity index (χ2n) is 3.90. The Morgan fingerprint density at radius 1 is 1.37 bits per heavy atom. The van der Waals surface area contributed by atoms with E-state index in [1.807, 2.05) is 0 Å². The number of methoxy groups -OCH3 is 1. The number of nitrogens with one attached hydrogen (secondary N) is 2. The van der Waals surface area contributed by atoms with Crippen molar-refractivity contribution < 1.29 is 9.53 Å². The van der Waals surface area contributed by atoms with Crippen molar-refractivity contribution in [2.75, 3.05) is 20.7 Å². The lowest BCUT2D eigenvalue weighted by molar-refractivity contribution is -0.140. The number of esters is 1. The minimum Gasteiger partial charge on any atom is -0.469 e. The van der Waals surface area contributed by atoms with Crippen LogP contribution in [-0.4, -0.2) is 32.6 Å². The molecule has 5 nitrogen and oxygen atoms in total. The second kappa shape index (κ2) is 8.53. The molecule has 6 heteroatoms. The van der Waals surface area contributed by atoms with Crippen LogP contribution in [0.15, 0.2) is 17.1 Å². The van der Waals surface area contributed by atoms with Gasteiger partial charge in [-0.25, -0.2) is 0 Å². The van der Waals surface area contributed by atoms with Crippen LogP contribution in [0.25, 0.3) is 0 Å². The Labute approximate surface area is 118 Å². The summed E-state index contributed by atoms with van der Waals surface area (Å²) in [5.74, 6) is 0.462. The Morgan fingerprint density at radius 3 is 2.68 bits per heavy atom. The molecule has 0 radical (unpaired) electrons. The molecule has 0 unspecified atom stereocenters. The number of carbonyl (C=O) groups excluding carboxylic acids is 1. The van der Waals surface area contributed by atoms with E-state index < -0.39 is 0 Å². The van der Waals surface area contributed by atoms with E-state index >= 15 is 0 Å². The number of ether oxygens (including phenoxy) is 1. The van der Waals surface area contributed by atoms with Gasteiger partial charge in [-0.3, -0.25) is 9.79 Å². The molecule has 0 atom stereocenters. The van der Waals surface area contributed by atoms with Crippen LogP contribution in [0.2, 0.25) is 0 Å². The van der Waals surface area contributed by atoms with Crippen LogP contribution in [0.3, 0.4) is 0 Å². The average molecular weight is 283 g/mol. The van der Waals surface area contributed by atoms with Crippen LogP contribution >= 0.6 is 11.3 Å². The minimum atomic E-state index is -0.228. The smallest absolute Gasteiger partial charge is 0.307 e. The van der Waals surface area contributed by atoms with Gasteiger partial charge in [-0.2, -0.15) is 0 Å². The summed E-state index contributed by atoms with van der Waals surface area (Å²) in [6.07, 6.45) is 1.40. The van der Waals surface area contributed by atoms with Crippen molar-refractivity contribution in [3.05, 3.63) is 21.9 Å². The second-order valence-corrected chi connectivity index (χ2v) is 5.15. The molecule has 0 bridgehead atoms. The molecule has 0 spiro atoms. The van der Waals surface area contributed by atoms with E-state index in [-0.39, 0.29) is 5.97 Å². The first-order valence-corrected chi connectivity index (χ1v) is 7.10. The fourth-order valence-electron chi connectivity index (χ4n) is 1.48. The van der Waals surface area contributed by atoms with Gasteiger partial charge in [0.15, 0.2) is 5.96 Å². The van der Waals surface area contributed by atoms with E-state index in [9.17, 15) is 4.79 Å². The molecule has 1 rings (SSSR count). The normalized spacial score (nSPS) is 11.2. The predicted molar refractivity (Wildman–Crippen MR) is 78.5 cm³/mol. The van der Waals surface area contributed by atoms with Gasteiger partial charge in [-0.05, 0) is 18.6 Å². The van der Waals surface area contributed by atoms with Gasteiger partial charge in [0, 0.05) is 23.3 Å². The summed E-state index contributed by atoms with van der Waals surface area (Å²) in [6.45, 7) is 3.40. The Kier molecular flexibility index (Phi) is 6.95. The van der Waals surface area contributed by atoms with Crippen LogP contribution in [0, 0.1) is 0 Å². The highest BCUT2D eigenvalue weighted by Crippen LogP contribution is 2.16. The molecule has 1 heterocycles. The van der Waals surface area contributed by atoms with E-state index in [0.717, 1.165) is 13.0 Å². The maximum Gasteiger partial charge on any atom is 0.307 e. The SMILES string of the molecule is CCc1ccc(CNC(=NC)NCCC(=O)OC)s1. The number of aryl methyl sites for hydroxylation is 1. The topological polar surface area (TPSA) is 62.7 Å². The zero-order valence-corrected chi connectivity index (χ0v) is 12.5. The number of carbonyl (C=O) groups is 1. The van der Waals surface area contributed by atoms with Crippen molar-refractivity contribution >= 4 is 23.3 Å². The average Bonchev–Trinajstić information content (AvgIpc) is 2.90. The summed E-state index contributed by atoms with van der Waals surface area (Å²) in [6, 6.07) is 4.27. The van der Waals surface area contributed by atoms with Gasteiger partial charge in [-0.15, -0.1) is 11.3 Å². The number of aliphatic imine (C=N–C) groups is 1. The molecule has 19 heavy (non-hydrogen) atoms. The quantitative estimate of drug-likeness (QED) is 0.472. The van der Waals surface area contributed by atoms with Gasteiger partial charge in [-0.1, -0.05) is 6.92 Å². The first-order chi connectivity index (χ1) is 9.19. The predicted octanol–water partition coefficient (Wildman–Crippen LogP) is 1.54. The molecule has 1 aromatic rings. The van der Waals surface area contributed by atoms with Crippen molar-refractivity contribution in [2.45, 2.75) is 26.3 Å². The summed E-state index contributed by atoms with van der Waals surface area (Å²) in [5.41, 5.74) is 0. The highest BCUT2D eigenvalue weighted by atomic mass is 32.1. The largest absolute Gasteiger partial charge is 0.469 e. The molecule has 0 amide bonds. The molecule has 0 fully saturated rings. The van der Waals surface area contributed by atoms with Crippen LogP contribution in [0.1, 0.15) is 23.1 Å². The van der Waals surface area contributed by atoms with Crippen molar-refractivity contribution in [2.24, 2.45) is 4.99 Å². The van der Waals surface area contributed by atoms with Gasteiger partial charge in [0.2, 0.25) is 0 Å². The van der Waals surface area contributed by atoms with Gasteiger partial charge in [0.05, 0.1) is 20.1 Å². The monoisotopic (exact) mass is 283 g/mol. The van der Waals surface area contributed by atoms with Crippen LogP contribution in [0.5, 0.6) is 0 Å². The molecule has 0 aliphatic heterocycles. The third-order valence-electron chi connectivity index (χ3n) is 2.57. The van der Waals surface area contributed by atoms with Gasteiger partial charge in [0.1, 0.15) is 0 Å². The molecule has 0 aliphatic carbocycles. The maximum atomic E-state index is 11.0. The molecule has 0 saturated carbocycles. The first-order valence-electron chi connectivity index (χ1n) is 6.28. The molecule has 1 aromatic heterocycles. The highest BCUT2D eigenvalue weighted by Gasteiger charge is 2.03. The Hall–Kier alpha value is -1.56. The summed E-state index contributed by atoms with van der Waals surface area (Å²) < 4.78 is 4.57. The van der Waals surface area contributed by atoms with E-state index in [2.05, 4.69) is 39.4 Å². The lowest BCUT2D eigenvalue weighted by atomic mass is 10.3. The number of guanidine groups is 1. The molecule has 2 N–H and O–H groups in total. The number of hydrogen-bond acceptors (Lipinski definition) is 4. The van der Waals surface area contributed by atoms with Crippen LogP contribution in [0.4, 0.5) is 0 Å². The van der Waals surface area contributed by atoms with Gasteiger partial charge >= 0.3 is 5.97 Å². The zero-order valence-electron chi connectivity index (χ0n) is 11.7. The summed E-state index contributed by atoms with van der Waals surface area (Å²) in [4.78, 5) is 17.7. The highest BCUT2D eigenvalue weighted by molar-refractivity contribution is 7.11.